The summed E-state index contributed by atoms with van der Waals surface area (Å²) in [7, 11) is 0. The molecule has 2 aliphatic rings. The quantitative estimate of drug-likeness (QED) is 0.647. The van der Waals surface area contributed by atoms with E-state index < -0.39 is 0 Å². The normalized spacial score (nSPS) is 23.6. The Kier molecular flexibility index (Phi) is 5.46. The highest BCUT2D eigenvalue weighted by Gasteiger charge is 2.23. The van der Waals surface area contributed by atoms with Gasteiger partial charge in [0.2, 0.25) is 0 Å². The molecule has 126 valence electrons. The summed E-state index contributed by atoms with van der Waals surface area (Å²) in [5.74, 6) is 2.19. The van der Waals surface area contributed by atoms with E-state index in [-0.39, 0.29) is 0 Å². The van der Waals surface area contributed by atoms with Gasteiger partial charge in [-0.25, -0.2) is 0 Å². The van der Waals surface area contributed by atoms with Crippen LogP contribution in [0.5, 0.6) is 0 Å². The minimum absolute atomic E-state index is 0.612. The van der Waals surface area contributed by atoms with Crippen LogP contribution in [0.2, 0.25) is 0 Å². The molecule has 1 unspecified atom stereocenters. The molecule has 4 nitrogen and oxygen atoms in total. The van der Waals surface area contributed by atoms with Crippen LogP contribution in [-0.2, 0) is 0 Å². The lowest BCUT2D eigenvalue weighted by Crippen LogP contribution is -2.42. The van der Waals surface area contributed by atoms with E-state index in [1.807, 2.05) is 0 Å². The largest absolute Gasteiger partial charge is 0.371 e. The Hall–Kier alpha value is -1.23. The third-order valence-electron chi connectivity index (χ3n) is 5.10. The molecule has 2 heterocycles. The number of rotatable bonds is 3. The summed E-state index contributed by atoms with van der Waals surface area (Å²) >= 11 is 3.49. The number of halogens is 1. The van der Waals surface area contributed by atoms with Gasteiger partial charge in [-0.2, -0.15) is 0 Å². The minimum Gasteiger partial charge on any atom is -0.371 e. The van der Waals surface area contributed by atoms with Crippen molar-refractivity contribution < 1.29 is 0 Å². The molecule has 23 heavy (non-hydrogen) atoms. The summed E-state index contributed by atoms with van der Waals surface area (Å²) in [4.78, 5) is 9.38. The third kappa shape index (κ3) is 4.40. The molecule has 0 spiro atoms. The molecule has 2 aliphatic heterocycles. The third-order valence-corrected chi connectivity index (χ3v) is 5.63. The van der Waals surface area contributed by atoms with Crippen LogP contribution in [0.3, 0.4) is 0 Å². The lowest BCUT2D eigenvalue weighted by molar-refractivity contribution is 0.277. The van der Waals surface area contributed by atoms with Crippen LogP contribution in [0.4, 0.5) is 5.69 Å². The summed E-state index contributed by atoms with van der Waals surface area (Å²) in [5, 5.41) is 0. The molecule has 2 saturated heterocycles. The van der Waals surface area contributed by atoms with Crippen LogP contribution in [-0.4, -0.2) is 43.6 Å². The van der Waals surface area contributed by atoms with Crippen LogP contribution in [0, 0.1) is 11.8 Å². The smallest absolute Gasteiger partial charge is 0.191 e. The van der Waals surface area contributed by atoms with E-state index >= 15 is 0 Å². The van der Waals surface area contributed by atoms with Gasteiger partial charge in [0.1, 0.15) is 0 Å². The van der Waals surface area contributed by atoms with Gasteiger partial charge >= 0.3 is 0 Å². The number of piperidine rings is 1. The zero-order chi connectivity index (χ0) is 16.2. The number of nitrogens with two attached hydrogens (primary N) is 1. The number of hydrogen-bond acceptors (Lipinski definition) is 2. The standard InChI is InChI=1S/C18H27BrN4/c1-14-6-9-22(10-7-14)18(20)21-12-15-8-11-23(13-15)17-4-2-16(19)3-5-17/h2-5,14-15H,6-13H2,1H3,(H2,20,21). The first-order valence-corrected chi connectivity index (χ1v) is 9.46. The van der Waals surface area contributed by atoms with E-state index in [4.69, 9.17) is 5.73 Å². The van der Waals surface area contributed by atoms with Crippen molar-refractivity contribution in [3.63, 3.8) is 0 Å². The summed E-state index contributed by atoms with van der Waals surface area (Å²) in [6, 6.07) is 8.57. The molecule has 2 N–H and O–H groups in total. The van der Waals surface area contributed by atoms with Crippen molar-refractivity contribution in [1.29, 1.82) is 0 Å². The fraction of sp³-hybridized carbons (Fsp3) is 0.611. The molecule has 5 heteroatoms. The van der Waals surface area contributed by atoms with Gasteiger partial charge in [-0.3, -0.25) is 4.99 Å². The highest BCUT2D eigenvalue weighted by molar-refractivity contribution is 9.10. The van der Waals surface area contributed by atoms with E-state index in [0.717, 1.165) is 49.1 Å². The molecule has 0 saturated carbocycles. The predicted octanol–water partition coefficient (Wildman–Crippen LogP) is 3.32. The molecule has 0 aromatic heterocycles. The van der Waals surface area contributed by atoms with Crippen molar-refractivity contribution in [3.05, 3.63) is 28.7 Å². The molecule has 0 amide bonds. The maximum Gasteiger partial charge on any atom is 0.191 e. The van der Waals surface area contributed by atoms with Crippen molar-refractivity contribution in [2.75, 3.05) is 37.6 Å². The van der Waals surface area contributed by atoms with Crippen molar-refractivity contribution >= 4 is 27.6 Å². The monoisotopic (exact) mass is 378 g/mol. The fourth-order valence-corrected chi connectivity index (χ4v) is 3.69. The molecular weight excluding hydrogens is 352 g/mol. The number of likely N-dealkylation sites (tertiary alicyclic amines) is 1. The molecular formula is C18H27BrN4. The number of nitrogens with zero attached hydrogens (tertiary/aromatic N) is 3. The number of hydrogen-bond donors (Lipinski definition) is 1. The van der Waals surface area contributed by atoms with Gasteiger partial charge in [0, 0.05) is 42.9 Å². The average Bonchev–Trinajstić information content (AvgIpc) is 3.03. The highest BCUT2D eigenvalue weighted by Crippen LogP contribution is 2.25. The number of anilines is 1. The van der Waals surface area contributed by atoms with Gasteiger partial charge in [-0.15, -0.1) is 0 Å². The predicted molar refractivity (Wildman–Crippen MR) is 101 cm³/mol. The Bertz CT molecular complexity index is 534. The van der Waals surface area contributed by atoms with Crippen molar-refractivity contribution in [1.82, 2.24) is 4.90 Å². The maximum atomic E-state index is 6.19. The van der Waals surface area contributed by atoms with Crippen LogP contribution >= 0.6 is 15.9 Å². The second-order valence-corrected chi connectivity index (χ2v) is 7.86. The number of benzene rings is 1. The maximum absolute atomic E-state index is 6.19. The van der Waals surface area contributed by atoms with E-state index in [0.29, 0.717) is 5.92 Å². The lowest BCUT2D eigenvalue weighted by atomic mass is 10.00. The van der Waals surface area contributed by atoms with E-state index in [1.165, 1.54) is 24.9 Å². The number of guanidine groups is 1. The van der Waals surface area contributed by atoms with E-state index in [1.54, 1.807) is 0 Å². The van der Waals surface area contributed by atoms with Gasteiger partial charge in [0.15, 0.2) is 5.96 Å². The molecule has 2 fully saturated rings. The summed E-state index contributed by atoms with van der Waals surface area (Å²) in [6.07, 6.45) is 3.66. The van der Waals surface area contributed by atoms with Crippen LogP contribution < -0.4 is 10.6 Å². The van der Waals surface area contributed by atoms with Crippen LogP contribution in [0.15, 0.2) is 33.7 Å². The second-order valence-electron chi connectivity index (χ2n) is 6.95. The molecule has 0 aliphatic carbocycles. The molecule has 0 radical (unpaired) electrons. The van der Waals surface area contributed by atoms with Gasteiger partial charge in [0.25, 0.3) is 0 Å². The first kappa shape index (κ1) is 16.6. The minimum atomic E-state index is 0.612. The Morgan fingerprint density at radius 3 is 2.57 bits per heavy atom. The topological polar surface area (TPSA) is 44.9 Å². The Labute approximate surface area is 147 Å². The first-order chi connectivity index (χ1) is 11.1. The molecule has 3 rings (SSSR count). The van der Waals surface area contributed by atoms with Crippen molar-refractivity contribution in [3.8, 4) is 0 Å². The molecule has 0 bridgehead atoms. The average molecular weight is 379 g/mol. The van der Waals surface area contributed by atoms with Gasteiger partial charge in [0.05, 0.1) is 0 Å². The van der Waals surface area contributed by atoms with Gasteiger partial charge in [-0.1, -0.05) is 22.9 Å². The summed E-state index contributed by atoms with van der Waals surface area (Å²) < 4.78 is 1.13. The SMILES string of the molecule is CC1CCN(C(N)=NCC2CCN(c3ccc(Br)cc3)C2)CC1. The molecule has 1 aromatic carbocycles. The fourth-order valence-electron chi connectivity index (χ4n) is 3.43. The summed E-state index contributed by atoms with van der Waals surface area (Å²) in [5.41, 5.74) is 7.49. The van der Waals surface area contributed by atoms with Gasteiger partial charge < -0.3 is 15.5 Å². The van der Waals surface area contributed by atoms with E-state index in [2.05, 4.69) is 61.9 Å². The number of aliphatic imine (C=N–C) groups is 1. The van der Waals surface area contributed by atoms with Gasteiger partial charge in [-0.05, 0) is 55.4 Å². The van der Waals surface area contributed by atoms with Crippen LogP contribution in [0.25, 0.3) is 0 Å². The van der Waals surface area contributed by atoms with Crippen molar-refractivity contribution in [2.24, 2.45) is 22.6 Å². The van der Waals surface area contributed by atoms with Crippen LogP contribution in [0.1, 0.15) is 26.2 Å². The molecule has 1 aromatic rings. The Morgan fingerprint density at radius 2 is 1.87 bits per heavy atom. The van der Waals surface area contributed by atoms with Crippen molar-refractivity contribution in [2.45, 2.75) is 26.2 Å². The first-order valence-electron chi connectivity index (χ1n) is 8.67. The Morgan fingerprint density at radius 1 is 1.17 bits per heavy atom. The summed E-state index contributed by atoms with van der Waals surface area (Å²) in [6.45, 7) is 7.49. The Balaban J connectivity index is 1.49. The highest BCUT2D eigenvalue weighted by atomic mass is 79.9. The zero-order valence-electron chi connectivity index (χ0n) is 13.9. The van der Waals surface area contributed by atoms with E-state index in [9.17, 15) is 0 Å². The second kappa shape index (κ2) is 7.56. The molecule has 1 atom stereocenters. The zero-order valence-corrected chi connectivity index (χ0v) is 15.5. The lowest BCUT2D eigenvalue weighted by Gasteiger charge is -2.31.